The lowest BCUT2D eigenvalue weighted by Crippen LogP contribution is -2.18. The van der Waals surface area contributed by atoms with Gasteiger partial charge in [0.1, 0.15) is 0 Å². The SMILES string of the molecule is CC(C)C1CCC(C)(CCSCC(=O)O)S1. The highest BCUT2D eigenvalue weighted by Crippen LogP contribution is 2.48. The molecule has 16 heavy (non-hydrogen) atoms. The molecule has 1 aliphatic heterocycles. The predicted molar refractivity (Wildman–Crippen MR) is 73.4 cm³/mol. The molecule has 94 valence electrons. The van der Waals surface area contributed by atoms with E-state index in [9.17, 15) is 4.79 Å². The smallest absolute Gasteiger partial charge is 0.313 e. The maximum Gasteiger partial charge on any atom is 0.313 e. The van der Waals surface area contributed by atoms with Gasteiger partial charge in [0.2, 0.25) is 0 Å². The summed E-state index contributed by atoms with van der Waals surface area (Å²) < 4.78 is 0.389. The summed E-state index contributed by atoms with van der Waals surface area (Å²) in [5, 5.41) is 9.36. The van der Waals surface area contributed by atoms with Gasteiger partial charge in [0.25, 0.3) is 0 Å². The molecule has 1 aliphatic rings. The monoisotopic (exact) mass is 262 g/mol. The standard InChI is InChI=1S/C12H22O2S2/c1-9(2)10-4-5-12(3,16-10)6-7-15-8-11(13)14/h9-10H,4-8H2,1-3H3,(H,13,14). The minimum Gasteiger partial charge on any atom is -0.481 e. The zero-order valence-corrected chi connectivity index (χ0v) is 12.0. The zero-order chi connectivity index (χ0) is 12.2. The number of thioether (sulfide) groups is 2. The number of hydrogen-bond donors (Lipinski definition) is 1. The van der Waals surface area contributed by atoms with E-state index in [2.05, 4.69) is 32.5 Å². The van der Waals surface area contributed by atoms with Crippen molar-refractivity contribution >= 4 is 29.5 Å². The van der Waals surface area contributed by atoms with Gasteiger partial charge in [-0.2, -0.15) is 23.5 Å². The van der Waals surface area contributed by atoms with Crippen LogP contribution < -0.4 is 0 Å². The highest BCUT2D eigenvalue weighted by Gasteiger charge is 2.36. The lowest BCUT2D eigenvalue weighted by molar-refractivity contribution is -0.133. The van der Waals surface area contributed by atoms with Crippen LogP contribution in [0.25, 0.3) is 0 Å². The molecule has 0 aromatic carbocycles. The first kappa shape index (κ1) is 14.2. The highest BCUT2D eigenvalue weighted by atomic mass is 32.2. The molecule has 0 bridgehead atoms. The fourth-order valence-corrected chi connectivity index (χ4v) is 4.77. The lowest BCUT2D eigenvalue weighted by atomic mass is 9.98. The maximum absolute atomic E-state index is 10.4. The van der Waals surface area contributed by atoms with E-state index in [1.165, 1.54) is 12.8 Å². The number of carboxylic acid groups (broad SMARTS) is 1. The second-order valence-electron chi connectivity index (χ2n) is 5.09. The Kier molecular flexibility index (Phi) is 5.51. The summed E-state index contributed by atoms with van der Waals surface area (Å²) in [6, 6.07) is 0. The maximum atomic E-state index is 10.4. The molecule has 4 heteroatoms. The van der Waals surface area contributed by atoms with Gasteiger partial charge in [0.05, 0.1) is 5.75 Å². The summed E-state index contributed by atoms with van der Waals surface area (Å²) >= 11 is 3.66. The normalized spacial score (nSPS) is 29.9. The molecule has 2 unspecified atom stereocenters. The molecule has 1 saturated heterocycles. The van der Waals surface area contributed by atoms with E-state index >= 15 is 0 Å². The molecule has 0 aliphatic carbocycles. The molecule has 0 saturated carbocycles. The van der Waals surface area contributed by atoms with E-state index in [-0.39, 0.29) is 5.75 Å². The van der Waals surface area contributed by atoms with Crippen molar-refractivity contribution in [3.63, 3.8) is 0 Å². The topological polar surface area (TPSA) is 37.3 Å². The van der Waals surface area contributed by atoms with Crippen molar-refractivity contribution < 1.29 is 9.90 Å². The van der Waals surface area contributed by atoms with Gasteiger partial charge < -0.3 is 5.11 Å². The Morgan fingerprint density at radius 2 is 2.31 bits per heavy atom. The van der Waals surface area contributed by atoms with Gasteiger partial charge in [-0.25, -0.2) is 0 Å². The van der Waals surface area contributed by atoms with Gasteiger partial charge >= 0.3 is 5.97 Å². The number of hydrogen-bond acceptors (Lipinski definition) is 3. The first-order chi connectivity index (χ1) is 7.43. The van der Waals surface area contributed by atoms with E-state index in [1.807, 2.05) is 0 Å². The summed E-state index contributed by atoms with van der Waals surface area (Å²) in [6.07, 6.45) is 3.75. The van der Waals surface area contributed by atoms with Gasteiger partial charge in [-0.3, -0.25) is 4.79 Å². The van der Waals surface area contributed by atoms with Gasteiger partial charge in [0, 0.05) is 10.00 Å². The van der Waals surface area contributed by atoms with Crippen molar-refractivity contribution in [1.29, 1.82) is 0 Å². The third kappa shape index (κ3) is 4.58. The first-order valence-corrected chi connectivity index (χ1v) is 7.94. The molecule has 0 radical (unpaired) electrons. The van der Waals surface area contributed by atoms with E-state index in [4.69, 9.17) is 5.11 Å². The van der Waals surface area contributed by atoms with Gasteiger partial charge in [-0.15, -0.1) is 0 Å². The summed E-state index contributed by atoms with van der Waals surface area (Å²) in [5.41, 5.74) is 0. The van der Waals surface area contributed by atoms with Crippen LogP contribution in [0.1, 0.15) is 40.0 Å². The van der Waals surface area contributed by atoms with E-state index < -0.39 is 5.97 Å². The molecule has 0 amide bonds. The third-order valence-corrected chi connectivity index (χ3v) is 6.14. The van der Waals surface area contributed by atoms with Crippen LogP contribution >= 0.6 is 23.5 Å². The Bertz CT molecular complexity index is 243. The Balaban J connectivity index is 2.23. The van der Waals surface area contributed by atoms with Crippen molar-refractivity contribution in [3.8, 4) is 0 Å². The lowest BCUT2D eigenvalue weighted by Gasteiger charge is -2.24. The van der Waals surface area contributed by atoms with Crippen LogP contribution in [0.2, 0.25) is 0 Å². The van der Waals surface area contributed by atoms with E-state index in [0.29, 0.717) is 4.75 Å². The van der Waals surface area contributed by atoms with E-state index in [1.54, 1.807) is 11.8 Å². The average Bonchev–Trinajstić information content (AvgIpc) is 2.56. The minimum absolute atomic E-state index is 0.244. The molecule has 1 rings (SSSR count). The average molecular weight is 262 g/mol. The van der Waals surface area contributed by atoms with Crippen LogP contribution in [0.5, 0.6) is 0 Å². The molecular formula is C12H22O2S2. The predicted octanol–water partition coefficient (Wildman–Crippen LogP) is 3.50. The fraction of sp³-hybridized carbons (Fsp3) is 0.917. The molecule has 2 nitrogen and oxygen atoms in total. The molecule has 1 heterocycles. The van der Waals surface area contributed by atoms with Crippen LogP contribution in [-0.2, 0) is 4.79 Å². The van der Waals surface area contributed by atoms with Crippen molar-refractivity contribution in [3.05, 3.63) is 0 Å². The number of carbonyl (C=O) groups is 1. The van der Waals surface area contributed by atoms with Crippen molar-refractivity contribution in [2.24, 2.45) is 5.92 Å². The highest BCUT2D eigenvalue weighted by molar-refractivity contribution is 8.01. The Labute approximate surface area is 107 Å². The van der Waals surface area contributed by atoms with Crippen LogP contribution in [-0.4, -0.2) is 32.6 Å². The molecular weight excluding hydrogens is 240 g/mol. The van der Waals surface area contributed by atoms with Gasteiger partial charge in [-0.1, -0.05) is 20.8 Å². The number of aliphatic carboxylic acids is 1. The minimum atomic E-state index is -0.700. The molecule has 1 fully saturated rings. The molecule has 0 aromatic rings. The Morgan fingerprint density at radius 3 is 2.81 bits per heavy atom. The molecule has 1 N–H and O–H groups in total. The Morgan fingerprint density at radius 1 is 1.62 bits per heavy atom. The second-order valence-corrected chi connectivity index (χ2v) is 8.02. The zero-order valence-electron chi connectivity index (χ0n) is 10.4. The molecule has 0 spiro atoms. The van der Waals surface area contributed by atoms with Crippen molar-refractivity contribution in [2.75, 3.05) is 11.5 Å². The fourth-order valence-electron chi connectivity index (χ4n) is 2.03. The van der Waals surface area contributed by atoms with Gasteiger partial charge in [0.15, 0.2) is 0 Å². The van der Waals surface area contributed by atoms with Crippen LogP contribution in [0.4, 0.5) is 0 Å². The van der Waals surface area contributed by atoms with Gasteiger partial charge in [-0.05, 0) is 30.9 Å². The summed E-state index contributed by atoms with van der Waals surface area (Å²) in [5.74, 6) is 1.28. The Hall–Kier alpha value is 0.170. The second kappa shape index (κ2) is 6.20. The van der Waals surface area contributed by atoms with Crippen LogP contribution in [0.15, 0.2) is 0 Å². The number of carboxylic acids is 1. The van der Waals surface area contributed by atoms with Crippen LogP contribution in [0, 0.1) is 5.92 Å². The van der Waals surface area contributed by atoms with Crippen LogP contribution in [0.3, 0.4) is 0 Å². The van der Waals surface area contributed by atoms with Crippen molar-refractivity contribution in [2.45, 2.75) is 50.0 Å². The molecule has 2 atom stereocenters. The molecule has 0 aromatic heterocycles. The third-order valence-electron chi connectivity index (χ3n) is 3.14. The van der Waals surface area contributed by atoms with E-state index in [0.717, 1.165) is 23.3 Å². The summed E-state index contributed by atoms with van der Waals surface area (Å²) in [4.78, 5) is 10.4. The van der Waals surface area contributed by atoms with Crippen molar-refractivity contribution in [1.82, 2.24) is 0 Å². The summed E-state index contributed by atoms with van der Waals surface area (Å²) in [7, 11) is 0. The number of rotatable bonds is 6. The first-order valence-electron chi connectivity index (χ1n) is 5.90. The summed E-state index contributed by atoms with van der Waals surface area (Å²) in [6.45, 7) is 6.92. The largest absolute Gasteiger partial charge is 0.481 e. The quantitative estimate of drug-likeness (QED) is 0.743.